The Hall–Kier alpha value is -0.0800. The van der Waals surface area contributed by atoms with Crippen LogP contribution in [-0.4, -0.2) is 26.2 Å². The molecule has 0 aromatic carbocycles. The first-order valence-corrected chi connectivity index (χ1v) is 7.31. The fourth-order valence-corrected chi connectivity index (χ4v) is 3.52. The van der Waals surface area contributed by atoms with Crippen molar-refractivity contribution in [2.45, 2.75) is 45.4 Å². The van der Waals surface area contributed by atoms with Crippen molar-refractivity contribution in [2.24, 2.45) is 17.8 Å². The predicted octanol–water partition coefficient (Wildman–Crippen LogP) is 2.40. The zero-order chi connectivity index (χ0) is 11.2. The molecule has 0 spiro atoms. The molecule has 0 aliphatic carbocycles. The lowest BCUT2D eigenvalue weighted by Crippen LogP contribution is -2.36. The summed E-state index contributed by atoms with van der Waals surface area (Å²) in [4.78, 5) is 0. The molecule has 2 aliphatic rings. The maximum Gasteiger partial charge on any atom is -0.00179 e. The molecule has 2 unspecified atom stereocenters. The summed E-state index contributed by atoms with van der Waals surface area (Å²) in [5.41, 5.74) is 0. The van der Waals surface area contributed by atoms with Gasteiger partial charge in [-0.3, -0.25) is 0 Å². The highest BCUT2D eigenvalue weighted by Crippen LogP contribution is 2.31. The summed E-state index contributed by atoms with van der Waals surface area (Å²) in [6.07, 6.45) is 8.57. The van der Waals surface area contributed by atoms with E-state index in [2.05, 4.69) is 17.6 Å². The standard InChI is InChI=1S/C14H28N2/c1-2-13(14-4-3-7-16-11-14)10-12-5-8-15-9-6-12/h12-16H,2-11H2,1H3. The van der Waals surface area contributed by atoms with Gasteiger partial charge in [0.05, 0.1) is 0 Å². The van der Waals surface area contributed by atoms with Gasteiger partial charge in [0.25, 0.3) is 0 Å². The van der Waals surface area contributed by atoms with E-state index in [0.29, 0.717) is 0 Å². The van der Waals surface area contributed by atoms with E-state index in [4.69, 9.17) is 0 Å². The van der Waals surface area contributed by atoms with Gasteiger partial charge >= 0.3 is 0 Å². The monoisotopic (exact) mass is 224 g/mol. The average Bonchev–Trinajstić information content (AvgIpc) is 2.38. The second-order valence-corrected chi connectivity index (χ2v) is 5.70. The van der Waals surface area contributed by atoms with Crippen molar-refractivity contribution >= 4 is 0 Å². The number of nitrogens with one attached hydrogen (secondary N) is 2. The SMILES string of the molecule is CCC(CC1CCNCC1)C1CCCNC1. The number of piperidine rings is 2. The van der Waals surface area contributed by atoms with Crippen molar-refractivity contribution in [3.8, 4) is 0 Å². The minimum atomic E-state index is 0.966. The third-order valence-corrected chi connectivity index (χ3v) is 4.62. The van der Waals surface area contributed by atoms with E-state index in [0.717, 1.165) is 17.8 Å². The minimum absolute atomic E-state index is 0.966. The third kappa shape index (κ3) is 3.46. The summed E-state index contributed by atoms with van der Waals surface area (Å²) in [6, 6.07) is 0. The molecule has 0 aromatic rings. The lowest BCUT2D eigenvalue weighted by molar-refractivity contribution is 0.198. The summed E-state index contributed by atoms with van der Waals surface area (Å²) in [6.45, 7) is 7.43. The van der Waals surface area contributed by atoms with Crippen LogP contribution >= 0.6 is 0 Å². The minimum Gasteiger partial charge on any atom is -0.317 e. The van der Waals surface area contributed by atoms with E-state index in [1.807, 2.05) is 0 Å². The Kier molecular flexibility index (Phi) is 5.11. The summed E-state index contributed by atoms with van der Waals surface area (Å²) in [5.74, 6) is 2.96. The van der Waals surface area contributed by atoms with Gasteiger partial charge in [-0.15, -0.1) is 0 Å². The van der Waals surface area contributed by atoms with Crippen molar-refractivity contribution in [1.29, 1.82) is 0 Å². The molecule has 2 heterocycles. The van der Waals surface area contributed by atoms with Crippen LogP contribution < -0.4 is 10.6 Å². The van der Waals surface area contributed by atoms with Crippen LogP contribution in [0.4, 0.5) is 0 Å². The second-order valence-electron chi connectivity index (χ2n) is 5.70. The molecule has 2 fully saturated rings. The molecule has 94 valence electrons. The molecular weight excluding hydrogens is 196 g/mol. The van der Waals surface area contributed by atoms with Crippen LogP contribution in [0.15, 0.2) is 0 Å². The predicted molar refractivity (Wildman–Crippen MR) is 69.6 cm³/mol. The van der Waals surface area contributed by atoms with E-state index in [-0.39, 0.29) is 0 Å². The Morgan fingerprint density at radius 2 is 1.88 bits per heavy atom. The molecule has 0 bridgehead atoms. The van der Waals surface area contributed by atoms with Gasteiger partial charge in [0.1, 0.15) is 0 Å². The Balaban J connectivity index is 1.78. The Bertz CT molecular complexity index is 181. The van der Waals surface area contributed by atoms with Gasteiger partial charge in [-0.05, 0) is 76.0 Å². The van der Waals surface area contributed by atoms with Crippen LogP contribution in [0, 0.1) is 17.8 Å². The van der Waals surface area contributed by atoms with Crippen LogP contribution in [0.3, 0.4) is 0 Å². The van der Waals surface area contributed by atoms with Gasteiger partial charge in [0.2, 0.25) is 0 Å². The van der Waals surface area contributed by atoms with Crippen LogP contribution in [-0.2, 0) is 0 Å². The molecule has 2 nitrogen and oxygen atoms in total. The zero-order valence-electron chi connectivity index (χ0n) is 10.8. The van der Waals surface area contributed by atoms with Crippen molar-refractivity contribution in [3.05, 3.63) is 0 Å². The molecular formula is C14H28N2. The third-order valence-electron chi connectivity index (χ3n) is 4.62. The highest BCUT2D eigenvalue weighted by Gasteiger charge is 2.25. The van der Waals surface area contributed by atoms with Crippen molar-refractivity contribution in [1.82, 2.24) is 10.6 Å². The van der Waals surface area contributed by atoms with Crippen LogP contribution in [0.2, 0.25) is 0 Å². The molecule has 0 radical (unpaired) electrons. The van der Waals surface area contributed by atoms with Crippen LogP contribution in [0.5, 0.6) is 0 Å². The first-order chi connectivity index (χ1) is 7.90. The lowest BCUT2D eigenvalue weighted by Gasteiger charge is -2.34. The first kappa shape index (κ1) is 12.4. The highest BCUT2D eigenvalue weighted by atomic mass is 14.9. The summed E-state index contributed by atoms with van der Waals surface area (Å²) < 4.78 is 0. The van der Waals surface area contributed by atoms with Gasteiger partial charge in [-0.25, -0.2) is 0 Å². The topological polar surface area (TPSA) is 24.1 Å². The van der Waals surface area contributed by atoms with Crippen LogP contribution in [0.1, 0.15) is 45.4 Å². The van der Waals surface area contributed by atoms with Crippen molar-refractivity contribution in [3.63, 3.8) is 0 Å². The fourth-order valence-electron chi connectivity index (χ4n) is 3.52. The fraction of sp³-hybridized carbons (Fsp3) is 1.00. The Labute approximate surface area is 101 Å². The first-order valence-electron chi connectivity index (χ1n) is 7.31. The van der Waals surface area contributed by atoms with Crippen molar-refractivity contribution < 1.29 is 0 Å². The van der Waals surface area contributed by atoms with Gasteiger partial charge in [0.15, 0.2) is 0 Å². The number of hydrogen-bond donors (Lipinski definition) is 2. The average molecular weight is 224 g/mol. The van der Waals surface area contributed by atoms with E-state index < -0.39 is 0 Å². The molecule has 16 heavy (non-hydrogen) atoms. The van der Waals surface area contributed by atoms with E-state index in [1.54, 1.807) is 0 Å². The van der Waals surface area contributed by atoms with Gasteiger partial charge in [-0.1, -0.05) is 13.3 Å². The van der Waals surface area contributed by atoms with E-state index >= 15 is 0 Å². The summed E-state index contributed by atoms with van der Waals surface area (Å²) in [7, 11) is 0. The lowest BCUT2D eigenvalue weighted by atomic mass is 9.77. The van der Waals surface area contributed by atoms with E-state index in [1.165, 1.54) is 64.7 Å². The molecule has 2 aliphatic heterocycles. The molecule has 2 N–H and O–H groups in total. The molecule has 0 aromatic heterocycles. The van der Waals surface area contributed by atoms with Gasteiger partial charge in [0, 0.05) is 0 Å². The quantitative estimate of drug-likeness (QED) is 0.766. The second kappa shape index (κ2) is 6.61. The molecule has 2 heteroatoms. The zero-order valence-corrected chi connectivity index (χ0v) is 10.8. The molecule has 0 amide bonds. The normalized spacial score (nSPS) is 30.2. The molecule has 2 atom stereocenters. The molecule has 2 rings (SSSR count). The van der Waals surface area contributed by atoms with Gasteiger partial charge in [-0.2, -0.15) is 0 Å². The molecule has 0 saturated carbocycles. The van der Waals surface area contributed by atoms with Crippen LogP contribution in [0.25, 0.3) is 0 Å². The Morgan fingerprint density at radius 3 is 2.50 bits per heavy atom. The summed E-state index contributed by atoms with van der Waals surface area (Å²) in [5, 5.41) is 7.05. The number of hydrogen-bond acceptors (Lipinski definition) is 2. The maximum absolute atomic E-state index is 3.57. The smallest absolute Gasteiger partial charge is 0.00179 e. The maximum atomic E-state index is 3.57. The van der Waals surface area contributed by atoms with E-state index in [9.17, 15) is 0 Å². The summed E-state index contributed by atoms with van der Waals surface area (Å²) >= 11 is 0. The van der Waals surface area contributed by atoms with Crippen molar-refractivity contribution in [2.75, 3.05) is 26.2 Å². The highest BCUT2D eigenvalue weighted by molar-refractivity contribution is 4.79. The van der Waals surface area contributed by atoms with Gasteiger partial charge < -0.3 is 10.6 Å². The molecule has 2 saturated heterocycles. The number of rotatable bonds is 4. The largest absolute Gasteiger partial charge is 0.317 e. The Morgan fingerprint density at radius 1 is 1.06 bits per heavy atom.